The quantitative estimate of drug-likeness (QED) is 0.0500. The molecule has 2 aliphatic carbocycles. The van der Waals surface area contributed by atoms with Crippen LogP contribution in [0, 0.1) is 27.9 Å². The van der Waals surface area contributed by atoms with Crippen LogP contribution in [0.15, 0.2) is 96.2 Å². The standard InChI is InChI=1S/C45H55N3O10/c1-5-23-55-45-41(47(3)42(51)25-30-13-11-16-33(24-30)54-4)29-39(46-56-6-2)37-26-31(14-7-9-21-49)36(18-8-10-22-50)43(44(37)45)38-28-35(19-20-40(38)58-45)57-34-17-12-15-32(27-34)48(52)53/h5,11-13,15-17,19-20,24,26-28,31,36,41,43-44,49-50H,1,6-10,14,18,21-23,25,29H2,2-4H3. The van der Waals surface area contributed by atoms with Crippen molar-refractivity contribution in [2.45, 2.75) is 76.0 Å². The number of nitro groups is 1. The summed E-state index contributed by atoms with van der Waals surface area (Å²) in [5.41, 5.74) is 3.22. The van der Waals surface area contributed by atoms with Crippen LogP contribution in [0.1, 0.15) is 68.9 Å². The number of non-ortho nitro benzene ring substituents is 1. The maximum Gasteiger partial charge on any atom is 0.273 e. The number of hydrogen-bond donors (Lipinski definition) is 2. The molecule has 3 aromatic carbocycles. The number of allylic oxidation sites excluding steroid dienone is 1. The summed E-state index contributed by atoms with van der Waals surface area (Å²) in [5.74, 6) is -0.171. The fourth-order valence-electron chi connectivity index (χ4n) is 8.99. The van der Waals surface area contributed by atoms with Crippen molar-refractivity contribution < 1.29 is 43.7 Å². The molecular formula is C45H55N3O10. The summed E-state index contributed by atoms with van der Waals surface area (Å²) in [7, 11) is 3.37. The summed E-state index contributed by atoms with van der Waals surface area (Å²) in [6.45, 7) is 6.50. The van der Waals surface area contributed by atoms with Crippen molar-refractivity contribution in [1.29, 1.82) is 0 Å². The second kappa shape index (κ2) is 19.5. The van der Waals surface area contributed by atoms with E-state index in [1.54, 1.807) is 43.3 Å². The number of benzene rings is 3. The molecule has 0 radical (unpaired) electrons. The molecule has 0 bridgehead atoms. The molecule has 6 atom stereocenters. The second-order valence-corrected chi connectivity index (χ2v) is 15.1. The molecule has 13 heteroatoms. The number of rotatable bonds is 20. The van der Waals surface area contributed by atoms with Gasteiger partial charge in [0, 0.05) is 44.2 Å². The number of carbonyl (C=O) groups excluding carboxylic acids is 1. The third-order valence-electron chi connectivity index (χ3n) is 11.6. The van der Waals surface area contributed by atoms with E-state index in [1.165, 1.54) is 12.1 Å². The molecule has 1 fully saturated rings. The summed E-state index contributed by atoms with van der Waals surface area (Å²) in [5, 5.41) is 36.0. The van der Waals surface area contributed by atoms with E-state index in [0.717, 1.165) is 42.4 Å². The molecular weight excluding hydrogens is 743 g/mol. The topological polar surface area (TPSA) is 162 Å². The van der Waals surface area contributed by atoms with Crippen molar-refractivity contribution in [2.75, 3.05) is 40.6 Å². The van der Waals surface area contributed by atoms with Gasteiger partial charge in [0.25, 0.3) is 5.69 Å². The summed E-state index contributed by atoms with van der Waals surface area (Å²) in [6, 6.07) is 18.4. The number of amides is 1. The molecule has 0 aromatic heterocycles. The maximum absolute atomic E-state index is 14.4. The molecule has 0 saturated heterocycles. The molecule has 1 heterocycles. The fourth-order valence-corrected chi connectivity index (χ4v) is 8.99. The van der Waals surface area contributed by atoms with Gasteiger partial charge >= 0.3 is 0 Å². The monoisotopic (exact) mass is 797 g/mol. The van der Waals surface area contributed by atoms with Crippen LogP contribution in [0.4, 0.5) is 5.69 Å². The third kappa shape index (κ3) is 9.06. The zero-order chi connectivity index (χ0) is 41.2. The molecule has 1 amide bonds. The van der Waals surface area contributed by atoms with E-state index in [0.29, 0.717) is 48.2 Å². The smallest absolute Gasteiger partial charge is 0.273 e. The highest BCUT2D eigenvalue weighted by Crippen LogP contribution is 2.62. The fraction of sp³-hybridized carbons (Fsp3) is 0.467. The van der Waals surface area contributed by atoms with Gasteiger partial charge in [-0.2, -0.15) is 0 Å². The van der Waals surface area contributed by atoms with Crippen molar-refractivity contribution in [2.24, 2.45) is 22.9 Å². The van der Waals surface area contributed by atoms with Gasteiger partial charge in [-0.3, -0.25) is 14.9 Å². The Labute approximate surface area is 340 Å². The van der Waals surface area contributed by atoms with Gasteiger partial charge in [0.15, 0.2) is 0 Å². The Bertz CT molecular complexity index is 1980. The molecule has 58 heavy (non-hydrogen) atoms. The van der Waals surface area contributed by atoms with Crippen LogP contribution in [-0.4, -0.2) is 84.1 Å². The first kappa shape index (κ1) is 42.4. The number of aliphatic hydroxyl groups is 2. The minimum Gasteiger partial charge on any atom is -0.497 e. The maximum atomic E-state index is 14.4. The van der Waals surface area contributed by atoms with Crippen molar-refractivity contribution in [3.8, 4) is 23.0 Å². The number of oxime groups is 1. The third-order valence-corrected chi connectivity index (χ3v) is 11.6. The Morgan fingerprint density at radius 3 is 2.50 bits per heavy atom. The number of carbonyl (C=O) groups is 1. The summed E-state index contributed by atoms with van der Waals surface area (Å²) >= 11 is 0. The van der Waals surface area contributed by atoms with Crippen LogP contribution in [0.5, 0.6) is 23.0 Å². The predicted octanol–water partition coefficient (Wildman–Crippen LogP) is 7.75. The first-order chi connectivity index (χ1) is 28.2. The van der Waals surface area contributed by atoms with Gasteiger partial charge in [-0.25, -0.2) is 0 Å². The van der Waals surface area contributed by atoms with E-state index in [-0.39, 0.29) is 62.0 Å². The molecule has 6 unspecified atom stereocenters. The Hall–Kier alpha value is -5.24. The number of hydrogen-bond acceptors (Lipinski definition) is 11. The number of likely N-dealkylation sites (N-methyl/N-ethyl adjacent to an activating group) is 1. The highest BCUT2D eigenvalue weighted by Gasteiger charge is 2.65. The zero-order valence-corrected chi connectivity index (χ0v) is 33.6. The first-order valence-corrected chi connectivity index (χ1v) is 20.2. The van der Waals surface area contributed by atoms with Gasteiger partial charge < -0.3 is 38.9 Å². The molecule has 3 aromatic rings. The van der Waals surface area contributed by atoms with E-state index >= 15 is 0 Å². The Kier molecular flexibility index (Phi) is 14.2. The molecule has 2 N–H and O–H groups in total. The van der Waals surface area contributed by atoms with Crippen LogP contribution < -0.4 is 14.2 Å². The lowest BCUT2D eigenvalue weighted by Crippen LogP contribution is -2.69. The molecule has 310 valence electrons. The number of unbranched alkanes of at least 4 members (excludes halogenated alkanes) is 2. The number of nitro benzene ring substituents is 1. The van der Waals surface area contributed by atoms with Crippen LogP contribution in [0.25, 0.3) is 0 Å². The molecule has 1 saturated carbocycles. The summed E-state index contributed by atoms with van der Waals surface area (Å²) < 4.78 is 25.9. The number of methoxy groups -OCH3 is 1. The molecule has 0 spiro atoms. The van der Waals surface area contributed by atoms with E-state index in [2.05, 4.69) is 12.7 Å². The van der Waals surface area contributed by atoms with Crippen molar-refractivity contribution in [1.82, 2.24) is 4.90 Å². The average molecular weight is 798 g/mol. The number of nitrogens with zero attached hydrogens (tertiary/aromatic N) is 3. The highest BCUT2D eigenvalue weighted by atomic mass is 16.7. The van der Waals surface area contributed by atoms with Gasteiger partial charge in [-0.05, 0) is 92.0 Å². The molecule has 3 aliphatic rings. The van der Waals surface area contributed by atoms with E-state index in [4.69, 9.17) is 28.9 Å². The largest absolute Gasteiger partial charge is 0.497 e. The first-order valence-electron chi connectivity index (χ1n) is 20.2. The molecule has 1 aliphatic heterocycles. The number of ether oxygens (including phenoxy) is 4. The second-order valence-electron chi connectivity index (χ2n) is 15.1. The number of fused-ring (bicyclic) bond motifs is 2. The van der Waals surface area contributed by atoms with E-state index in [1.807, 2.05) is 43.3 Å². The van der Waals surface area contributed by atoms with E-state index in [9.17, 15) is 25.1 Å². The molecule has 13 nitrogen and oxygen atoms in total. The lowest BCUT2D eigenvalue weighted by molar-refractivity contribution is -0.384. The van der Waals surface area contributed by atoms with Crippen LogP contribution >= 0.6 is 0 Å². The van der Waals surface area contributed by atoms with Crippen molar-refractivity contribution >= 4 is 17.3 Å². The SMILES string of the molecule is C=CCOC12Oc3ccc(Oc4cccc([N+](=O)[O-])c4)cc3C3C(CCCCO)C(CCCCO)C=C(C(=NOCC)CC1N(C)C(=O)Cc1cccc(OC)c1)C32. The average Bonchev–Trinajstić information content (AvgIpc) is 3.23. The van der Waals surface area contributed by atoms with Gasteiger partial charge in [0.05, 0.1) is 42.8 Å². The van der Waals surface area contributed by atoms with Gasteiger partial charge in [0.2, 0.25) is 11.7 Å². The lowest BCUT2D eigenvalue weighted by atomic mass is 9.55. The summed E-state index contributed by atoms with van der Waals surface area (Å²) in [6.07, 6.45) is 8.82. The van der Waals surface area contributed by atoms with Crippen LogP contribution in [0.3, 0.4) is 0 Å². The predicted molar refractivity (Wildman–Crippen MR) is 219 cm³/mol. The lowest BCUT2D eigenvalue weighted by Gasteiger charge is -2.59. The Balaban J connectivity index is 1.53. The van der Waals surface area contributed by atoms with Crippen LogP contribution in [0.2, 0.25) is 0 Å². The zero-order valence-electron chi connectivity index (χ0n) is 33.6. The van der Waals surface area contributed by atoms with Gasteiger partial charge in [0.1, 0.15) is 35.6 Å². The van der Waals surface area contributed by atoms with Crippen LogP contribution in [-0.2, 0) is 20.8 Å². The van der Waals surface area contributed by atoms with Crippen molar-refractivity contribution in [3.63, 3.8) is 0 Å². The normalized spacial score (nSPS) is 23.8. The van der Waals surface area contributed by atoms with Crippen molar-refractivity contribution in [3.05, 3.63) is 112 Å². The highest BCUT2D eigenvalue weighted by molar-refractivity contribution is 6.03. The van der Waals surface area contributed by atoms with E-state index < -0.39 is 22.7 Å². The molecule has 6 rings (SSSR count). The van der Waals surface area contributed by atoms with Gasteiger partial charge in [-0.1, -0.05) is 48.3 Å². The minimum atomic E-state index is -1.39. The Morgan fingerprint density at radius 2 is 1.78 bits per heavy atom. The summed E-state index contributed by atoms with van der Waals surface area (Å²) in [4.78, 5) is 33.0. The minimum absolute atomic E-state index is 0.0197. The number of aliphatic hydroxyl groups excluding tert-OH is 2. The Morgan fingerprint density at radius 1 is 1.03 bits per heavy atom. The van der Waals surface area contributed by atoms with Gasteiger partial charge in [-0.15, -0.1) is 6.58 Å².